The topological polar surface area (TPSA) is 93.4 Å². The highest BCUT2D eigenvalue weighted by molar-refractivity contribution is 7.71. The summed E-state index contributed by atoms with van der Waals surface area (Å²) in [6, 6.07) is 1.59. The van der Waals surface area contributed by atoms with Gasteiger partial charge >= 0.3 is 5.97 Å². The molecule has 2 rings (SSSR count). The fraction of sp³-hybridized carbons (Fsp3) is 0.500. The molecule has 0 unspecified atom stereocenters. The molecule has 8 nitrogen and oxygen atoms in total. The van der Waals surface area contributed by atoms with Crippen molar-refractivity contribution in [2.45, 2.75) is 39.8 Å². The number of amides is 1. The van der Waals surface area contributed by atoms with Gasteiger partial charge in [0.2, 0.25) is 5.91 Å². The SMILES string of the molecule is CCCc1n[nH]c(=S)n1CC(=O)N(C)Cc1cc(C(=O)OC)c(C)o1. The van der Waals surface area contributed by atoms with Gasteiger partial charge in [-0.15, -0.1) is 0 Å². The van der Waals surface area contributed by atoms with Gasteiger partial charge in [0.15, 0.2) is 4.77 Å². The Hall–Kier alpha value is -2.42. The van der Waals surface area contributed by atoms with Crippen LogP contribution in [0.3, 0.4) is 0 Å². The van der Waals surface area contributed by atoms with Crippen LogP contribution in [0.1, 0.15) is 41.0 Å². The van der Waals surface area contributed by atoms with Crippen molar-refractivity contribution in [3.8, 4) is 0 Å². The van der Waals surface area contributed by atoms with Gasteiger partial charge in [0.25, 0.3) is 0 Å². The van der Waals surface area contributed by atoms with Crippen molar-refractivity contribution in [3.05, 3.63) is 33.7 Å². The highest BCUT2D eigenvalue weighted by Gasteiger charge is 2.19. The molecule has 0 bridgehead atoms. The van der Waals surface area contributed by atoms with Crippen LogP contribution in [0.2, 0.25) is 0 Å². The number of ether oxygens (including phenoxy) is 1. The molecule has 1 amide bonds. The van der Waals surface area contributed by atoms with E-state index >= 15 is 0 Å². The summed E-state index contributed by atoms with van der Waals surface area (Å²) in [6.07, 6.45) is 1.65. The van der Waals surface area contributed by atoms with Crippen molar-refractivity contribution < 1.29 is 18.7 Å². The number of hydrogen-bond donors (Lipinski definition) is 1. The molecule has 0 saturated carbocycles. The first-order valence-electron chi connectivity index (χ1n) is 7.93. The maximum Gasteiger partial charge on any atom is 0.341 e. The monoisotopic (exact) mass is 366 g/mol. The highest BCUT2D eigenvalue weighted by atomic mass is 32.1. The lowest BCUT2D eigenvalue weighted by molar-refractivity contribution is -0.131. The predicted octanol–water partition coefficient (Wildman–Crippen LogP) is 2.24. The number of nitrogens with one attached hydrogen (secondary N) is 1. The van der Waals surface area contributed by atoms with Crippen molar-refractivity contribution in [2.24, 2.45) is 0 Å². The number of carbonyl (C=O) groups is 2. The van der Waals surface area contributed by atoms with Gasteiger partial charge in [-0.25, -0.2) is 4.79 Å². The summed E-state index contributed by atoms with van der Waals surface area (Å²) in [5, 5.41) is 6.87. The smallest absolute Gasteiger partial charge is 0.341 e. The van der Waals surface area contributed by atoms with Crippen LogP contribution in [-0.4, -0.2) is 45.7 Å². The first kappa shape index (κ1) is 18.9. The minimum atomic E-state index is -0.463. The van der Waals surface area contributed by atoms with E-state index in [9.17, 15) is 9.59 Å². The number of nitrogens with zero attached hydrogens (tertiary/aromatic N) is 3. The Kier molecular flexibility index (Phi) is 6.13. The predicted molar refractivity (Wildman–Crippen MR) is 92.7 cm³/mol. The summed E-state index contributed by atoms with van der Waals surface area (Å²) in [7, 11) is 2.98. The number of aromatic nitrogens is 3. The maximum absolute atomic E-state index is 12.5. The first-order chi connectivity index (χ1) is 11.9. The van der Waals surface area contributed by atoms with E-state index in [1.165, 1.54) is 12.0 Å². The summed E-state index contributed by atoms with van der Waals surface area (Å²) < 4.78 is 12.4. The van der Waals surface area contributed by atoms with E-state index in [-0.39, 0.29) is 19.0 Å². The van der Waals surface area contributed by atoms with Gasteiger partial charge in [0, 0.05) is 13.5 Å². The first-order valence-corrected chi connectivity index (χ1v) is 8.33. The second-order valence-corrected chi connectivity index (χ2v) is 6.09. The largest absolute Gasteiger partial charge is 0.465 e. The number of rotatable bonds is 7. The van der Waals surface area contributed by atoms with E-state index < -0.39 is 5.97 Å². The van der Waals surface area contributed by atoms with E-state index in [1.54, 1.807) is 24.6 Å². The molecule has 0 atom stereocenters. The van der Waals surface area contributed by atoms with Crippen molar-refractivity contribution >= 4 is 24.1 Å². The summed E-state index contributed by atoms with van der Waals surface area (Å²) in [6.45, 7) is 4.06. The Morgan fingerprint density at radius 3 is 2.84 bits per heavy atom. The molecule has 0 spiro atoms. The van der Waals surface area contributed by atoms with Crippen LogP contribution >= 0.6 is 12.2 Å². The molecule has 0 saturated heterocycles. The van der Waals surface area contributed by atoms with Gasteiger partial charge in [0.05, 0.1) is 13.7 Å². The molecule has 136 valence electrons. The minimum Gasteiger partial charge on any atom is -0.465 e. The summed E-state index contributed by atoms with van der Waals surface area (Å²) in [4.78, 5) is 25.6. The second kappa shape index (κ2) is 8.11. The van der Waals surface area contributed by atoms with Crippen LogP contribution in [0.15, 0.2) is 10.5 Å². The summed E-state index contributed by atoms with van der Waals surface area (Å²) in [5.74, 6) is 1.14. The fourth-order valence-corrected chi connectivity index (χ4v) is 2.66. The highest BCUT2D eigenvalue weighted by Crippen LogP contribution is 2.17. The van der Waals surface area contributed by atoms with E-state index in [0.29, 0.717) is 21.9 Å². The third-order valence-corrected chi connectivity index (χ3v) is 4.11. The number of likely N-dealkylation sites (N-methyl/N-ethyl adjacent to an activating group) is 1. The Bertz CT molecular complexity index is 820. The lowest BCUT2D eigenvalue weighted by Gasteiger charge is -2.16. The number of hydrogen-bond acceptors (Lipinski definition) is 6. The number of aromatic amines is 1. The third-order valence-electron chi connectivity index (χ3n) is 3.80. The van der Waals surface area contributed by atoms with E-state index in [0.717, 1.165) is 18.7 Å². The molecular weight excluding hydrogens is 344 g/mol. The van der Waals surface area contributed by atoms with Crippen LogP contribution in [0.4, 0.5) is 0 Å². The number of H-pyrrole nitrogens is 1. The molecule has 0 fully saturated rings. The lowest BCUT2D eigenvalue weighted by atomic mass is 10.2. The average Bonchev–Trinajstić information content (AvgIpc) is 3.11. The van der Waals surface area contributed by atoms with E-state index in [4.69, 9.17) is 21.4 Å². The Morgan fingerprint density at radius 2 is 2.20 bits per heavy atom. The average molecular weight is 366 g/mol. The Balaban J connectivity index is 2.07. The van der Waals surface area contributed by atoms with Crippen molar-refractivity contribution in [1.29, 1.82) is 0 Å². The van der Waals surface area contributed by atoms with Gasteiger partial charge in [-0.3, -0.25) is 14.5 Å². The fourth-order valence-electron chi connectivity index (χ4n) is 2.44. The van der Waals surface area contributed by atoms with Gasteiger partial charge < -0.3 is 14.1 Å². The second-order valence-electron chi connectivity index (χ2n) is 5.71. The molecule has 1 N–H and O–H groups in total. The number of carbonyl (C=O) groups excluding carboxylic acids is 2. The van der Waals surface area contributed by atoms with Crippen LogP contribution in [-0.2, 0) is 29.0 Å². The van der Waals surface area contributed by atoms with Crippen molar-refractivity contribution in [3.63, 3.8) is 0 Å². The maximum atomic E-state index is 12.5. The number of esters is 1. The standard InChI is InChI=1S/C16H22N4O4S/c1-5-6-13-17-18-16(25)20(13)9-14(21)19(3)8-11-7-12(10(2)24-11)15(22)23-4/h7H,5-6,8-9H2,1-4H3,(H,18,25). The zero-order chi connectivity index (χ0) is 18.6. The zero-order valence-electron chi connectivity index (χ0n) is 14.8. The molecule has 0 aliphatic carbocycles. The van der Waals surface area contributed by atoms with Gasteiger partial charge in [0.1, 0.15) is 29.5 Å². The van der Waals surface area contributed by atoms with Crippen molar-refractivity contribution in [2.75, 3.05) is 14.2 Å². The molecular formula is C16H22N4O4S. The van der Waals surface area contributed by atoms with E-state index in [1.807, 2.05) is 6.92 Å². The Labute approximate surface area is 150 Å². The van der Waals surface area contributed by atoms with Gasteiger partial charge in [-0.1, -0.05) is 6.92 Å². The van der Waals surface area contributed by atoms with Crippen molar-refractivity contribution in [1.82, 2.24) is 19.7 Å². The number of methoxy groups -OCH3 is 1. The van der Waals surface area contributed by atoms with Gasteiger partial charge in [-0.05, 0) is 31.6 Å². The van der Waals surface area contributed by atoms with E-state index in [2.05, 4.69) is 10.2 Å². The third kappa shape index (κ3) is 4.36. The molecule has 2 aromatic rings. The molecule has 0 aliphatic heterocycles. The zero-order valence-corrected chi connectivity index (χ0v) is 15.6. The van der Waals surface area contributed by atoms with Crippen LogP contribution in [0.5, 0.6) is 0 Å². The molecule has 25 heavy (non-hydrogen) atoms. The van der Waals surface area contributed by atoms with Crippen LogP contribution in [0, 0.1) is 11.7 Å². The molecule has 0 radical (unpaired) electrons. The normalized spacial score (nSPS) is 10.7. The Morgan fingerprint density at radius 1 is 1.48 bits per heavy atom. The molecule has 9 heteroatoms. The molecule has 2 aromatic heterocycles. The molecule has 0 aromatic carbocycles. The minimum absolute atomic E-state index is 0.102. The molecule has 2 heterocycles. The van der Waals surface area contributed by atoms with Crippen LogP contribution < -0.4 is 0 Å². The number of furan rings is 1. The lowest BCUT2D eigenvalue weighted by Crippen LogP contribution is -2.30. The summed E-state index contributed by atoms with van der Waals surface area (Å²) >= 11 is 5.19. The molecule has 0 aliphatic rings. The summed E-state index contributed by atoms with van der Waals surface area (Å²) in [5.41, 5.74) is 0.362. The quantitative estimate of drug-likeness (QED) is 0.597. The van der Waals surface area contributed by atoms with Crippen LogP contribution in [0.25, 0.3) is 0 Å². The number of aryl methyl sites for hydroxylation is 2. The van der Waals surface area contributed by atoms with Gasteiger partial charge in [-0.2, -0.15) is 5.10 Å².